The van der Waals surface area contributed by atoms with E-state index in [9.17, 15) is 4.79 Å². The maximum atomic E-state index is 9.18. The second kappa shape index (κ2) is 5.22. The second-order valence-corrected chi connectivity index (χ2v) is 3.80. The molecule has 0 aromatic heterocycles. The molecule has 76 valence electrons. The molecule has 0 aromatic rings. The van der Waals surface area contributed by atoms with E-state index in [2.05, 4.69) is 10.1 Å². The topological polar surface area (TPSA) is 38.3 Å². The number of carbonyl (C=O) groups excluding carboxylic acids is 1. The molecule has 3 nitrogen and oxygen atoms in total. The summed E-state index contributed by atoms with van der Waals surface area (Å²) in [6.07, 6.45) is 5.95. The summed E-state index contributed by atoms with van der Waals surface area (Å²) >= 11 is 0. The van der Waals surface area contributed by atoms with E-state index in [1.165, 1.54) is 38.8 Å². The molecule has 1 N–H and O–H groups in total. The number of hydrogen-bond donors (Lipinski definition) is 1. The van der Waals surface area contributed by atoms with Gasteiger partial charge in [0.15, 0.2) is 0 Å². The van der Waals surface area contributed by atoms with Gasteiger partial charge in [0, 0.05) is 0 Å². The van der Waals surface area contributed by atoms with Gasteiger partial charge in [-0.05, 0) is 51.1 Å². The maximum absolute atomic E-state index is 9.18. The number of hydrogen-bond acceptors (Lipinski definition) is 3. The third-order valence-corrected chi connectivity index (χ3v) is 2.86. The molecule has 1 saturated carbocycles. The first-order chi connectivity index (χ1) is 6.33. The van der Waals surface area contributed by atoms with Gasteiger partial charge in [-0.2, -0.15) is 0 Å². The third kappa shape index (κ3) is 3.77. The van der Waals surface area contributed by atoms with Crippen LogP contribution < -0.4 is 5.32 Å². The van der Waals surface area contributed by atoms with Gasteiger partial charge in [-0.1, -0.05) is 0 Å². The number of carbonyl (C=O) groups is 1. The molecule has 1 aliphatic carbocycles. The predicted molar refractivity (Wildman–Crippen MR) is 51.5 cm³/mol. The molecule has 2 rings (SSSR count). The summed E-state index contributed by atoms with van der Waals surface area (Å²) in [6.45, 7) is 5.22. The number of nitrogens with one attached hydrogen (secondary N) is 1. The zero-order chi connectivity index (χ0) is 9.57. The first-order valence-electron chi connectivity index (χ1n) is 5.09. The summed E-state index contributed by atoms with van der Waals surface area (Å²) < 4.78 is 4.15. The van der Waals surface area contributed by atoms with E-state index in [-0.39, 0.29) is 0 Å². The molecule has 0 amide bonds. The molecule has 0 atom stereocenters. The van der Waals surface area contributed by atoms with E-state index < -0.39 is 0 Å². The summed E-state index contributed by atoms with van der Waals surface area (Å²) in [5.74, 6) is 0. The van der Waals surface area contributed by atoms with Gasteiger partial charge in [0.25, 0.3) is 6.47 Å². The Morgan fingerprint density at radius 3 is 2.15 bits per heavy atom. The highest BCUT2D eigenvalue weighted by atomic mass is 16.5. The van der Waals surface area contributed by atoms with Crippen LogP contribution in [0, 0.1) is 5.41 Å². The van der Waals surface area contributed by atoms with Crippen LogP contribution in [-0.4, -0.2) is 26.2 Å². The van der Waals surface area contributed by atoms with Gasteiger partial charge in [-0.15, -0.1) is 0 Å². The van der Waals surface area contributed by atoms with Crippen molar-refractivity contribution in [2.45, 2.75) is 32.6 Å². The smallest absolute Gasteiger partial charge is 0.293 e. The SMILES string of the molecule is C1CC2(CCN1)CC2.CCOC=O. The van der Waals surface area contributed by atoms with Crippen LogP contribution in [0.1, 0.15) is 32.6 Å². The van der Waals surface area contributed by atoms with Crippen LogP contribution in [0.4, 0.5) is 0 Å². The first-order valence-corrected chi connectivity index (χ1v) is 5.09. The lowest BCUT2D eigenvalue weighted by Crippen LogP contribution is -2.28. The molecule has 3 heteroatoms. The fourth-order valence-corrected chi connectivity index (χ4v) is 1.70. The fourth-order valence-electron chi connectivity index (χ4n) is 1.70. The lowest BCUT2D eigenvalue weighted by molar-refractivity contribution is -0.128. The van der Waals surface area contributed by atoms with Crippen molar-refractivity contribution < 1.29 is 9.53 Å². The van der Waals surface area contributed by atoms with Crippen LogP contribution in [0.15, 0.2) is 0 Å². The van der Waals surface area contributed by atoms with Gasteiger partial charge in [0.1, 0.15) is 0 Å². The molecule has 13 heavy (non-hydrogen) atoms. The Morgan fingerprint density at radius 1 is 1.31 bits per heavy atom. The van der Waals surface area contributed by atoms with Crippen LogP contribution in [0.2, 0.25) is 0 Å². The van der Waals surface area contributed by atoms with Crippen molar-refractivity contribution in [1.82, 2.24) is 5.32 Å². The standard InChI is InChI=1S/C7H13N.C3H6O2/c1-2-7(1)3-5-8-6-4-7;1-2-5-3-4/h8H,1-6H2;3H,2H2,1H3. The minimum absolute atomic E-state index is 0.431. The average Bonchev–Trinajstić information content (AvgIpc) is 2.89. The van der Waals surface area contributed by atoms with Gasteiger partial charge in [-0.3, -0.25) is 4.79 Å². The third-order valence-electron chi connectivity index (χ3n) is 2.86. The molecule has 0 radical (unpaired) electrons. The lowest BCUT2D eigenvalue weighted by atomic mass is 9.95. The van der Waals surface area contributed by atoms with Gasteiger partial charge >= 0.3 is 0 Å². The normalized spacial score (nSPS) is 22.8. The highest BCUT2D eigenvalue weighted by Crippen LogP contribution is 2.52. The number of rotatable bonds is 2. The molecular weight excluding hydrogens is 166 g/mol. The van der Waals surface area contributed by atoms with Gasteiger partial charge in [-0.25, -0.2) is 0 Å². The molecule has 1 spiro atoms. The van der Waals surface area contributed by atoms with Crippen molar-refractivity contribution in [3.63, 3.8) is 0 Å². The van der Waals surface area contributed by atoms with Crippen molar-refractivity contribution in [3.05, 3.63) is 0 Å². The zero-order valence-corrected chi connectivity index (χ0v) is 8.34. The zero-order valence-electron chi connectivity index (χ0n) is 8.34. The molecule has 1 saturated heterocycles. The molecule has 2 fully saturated rings. The Labute approximate surface area is 79.8 Å². The van der Waals surface area contributed by atoms with Crippen LogP contribution in [0.3, 0.4) is 0 Å². The van der Waals surface area contributed by atoms with Crippen molar-refractivity contribution in [2.24, 2.45) is 5.41 Å². The fraction of sp³-hybridized carbons (Fsp3) is 0.900. The van der Waals surface area contributed by atoms with Crippen LogP contribution >= 0.6 is 0 Å². The first kappa shape index (κ1) is 10.5. The van der Waals surface area contributed by atoms with Crippen molar-refractivity contribution in [3.8, 4) is 0 Å². The van der Waals surface area contributed by atoms with Gasteiger partial charge < -0.3 is 10.1 Å². The molecule has 0 aromatic carbocycles. The lowest BCUT2D eigenvalue weighted by Gasteiger charge is -2.20. The van der Waals surface area contributed by atoms with Gasteiger partial charge in [0.05, 0.1) is 6.61 Å². The largest absolute Gasteiger partial charge is 0.468 e. The van der Waals surface area contributed by atoms with Gasteiger partial charge in [0.2, 0.25) is 0 Å². The predicted octanol–water partition coefficient (Wildman–Crippen LogP) is 1.33. The Kier molecular flexibility index (Phi) is 4.22. The maximum Gasteiger partial charge on any atom is 0.293 e. The minimum atomic E-state index is 0.431. The van der Waals surface area contributed by atoms with E-state index in [0.29, 0.717) is 13.1 Å². The summed E-state index contributed by atoms with van der Waals surface area (Å²) in [7, 11) is 0. The summed E-state index contributed by atoms with van der Waals surface area (Å²) in [6, 6.07) is 0. The van der Waals surface area contributed by atoms with Crippen molar-refractivity contribution >= 4 is 6.47 Å². The molecule has 0 unspecified atom stereocenters. The Morgan fingerprint density at radius 2 is 1.92 bits per heavy atom. The molecule has 2 aliphatic rings. The van der Waals surface area contributed by atoms with E-state index in [1.54, 1.807) is 6.92 Å². The van der Waals surface area contributed by atoms with E-state index in [1.807, 2.05) is 0 Å². The molecule has 1 aliphatic heterocycles. The van der Waals surface area contributed by atoms with Crippen LogP contribution in [0.25, 0.3) is 0 Å². The highest BCUT2D eigenvalue weighted by Gasteiger charge is 2.42. The monoisotopic (exact) mass is 185 g/mol. The molecule has 1 heterocycles. The van der Waals surface area contributed by atoms with Crippen molar-refractivity contribution in [1.29, 1.82) is 0 Å². The minimum Gasteiger partial charge on any atom is -0.468 e. The average molecular weight is 185 g/mol. The van der Waals surface area contributed by atoms with Crippen LogP contribution in [0.5, 0.6) is 0 Å². The van der Waals surface area contributed by atoms with E-state index in [4.69, 9.17) is 0 Å². The number of ether oxygens (including phenoxy) is 1. The van der Waals surface area contributed by atoms with E-state index in [0.717, 1.165) is 5.41 Å². The molecular formula is C10H19NO2. The van der Waals surface area contributed by atoms with Crippen molar-refractivity contribution in [2.75, 3.05) is 19.7 Å². The van der Waals surface area contributed by atoms with E-state index >= 15 is 0 Å². The quantitative estimate of drug-likeness (QED) is 0.660. The second-order valence-electron chi connectivity index (χ2n) is 3.80. The summed E-state index contributed by atoms with van der Waals surface area (Å²) in [5.41, 5.74) is 0.866. The highest BCUT2D eigenvalue weighted by molar-refractivity contribution is 5.36. The molecule has 0 bridgehead atoms. The summed E-state index contributed by atoms with van der Waals surface area (Å²) in [4.78, 5) is 9.18. The Bertz CT molecular complexity index is 147. The summed E-state index contributed by atoms with van der Waals surface area (Å²) in [5, 5.41) is 3.38. The van der Waals surface area contributed by atoms with Crippen LogP contribution in [-0.2, 0) is 9.53 Å². The Balaban J connectivity index is 0.000000149. The Hall–Kier alpha value is -0.570. The number of piperidine rings is 1.